The highest BCUT2D eigenvalue weighted by Crippen LogP contribution is 1.98. The Hall–Kier alpha value is -0.760. The van der Waals surface area contributed by atoms with Crippen LogP contribution in [0.1, 0.15) is 12.6 Å². The van der Waals surface area contributed by atoms with Crippen LogP contribution in [0.5, 0.6) is 0 Å². The van der Waals surface area contributed by atoms with Gasteiger partial charge in [0, 0.05) is 24.4 Å². The molecule has 2 nitrogen and oxygen atoms in total. The van der Waals surface area contributed by atoms with Gasteiger partial charge in [0.2, 0.25) is 0 Å². The second-order valence-electron chi connectivity index (χ2n) is 2.59. The molecular weight excluding hydrogens is 124 g/mol. The summed E-state index contributed by atoms with van der Waals surface area (Å²) < 4.78 is 0. The van der Waals surface area contributed by atoms with Crippen LogP contribution in [0.25, 0.3) is 0 Å². The quantitative estimate of drug-likeness (QED) is 0.644. The molecule has 56 valence electrons. The van der Waals surface area contributed by atoms with Crippen molar-refractivity contribution in [3.63, 3.8) is 0 Å². The van der Waals surface area contributed by atoms with Crippen LogP contribution in [-0.2, 0) is 6.42 Å². The Morgan fingerprint density at radius 3 is 3.00 bits per heavy atom. The van der Waals surface area contributed by atoms with Crippen molar-refractivity contribution in [2.24, 2.45) is 0 Å². The van der Waals surface area contributed by atoms with Crippen LogP contribution in [0.15, 0.2) is 18.3 Å². The third kappa shape index (κ3) is 1.88. The molecule has 1 rings (SSSR count). The van der Waals surface area contributed by atoms with E-state index in [-0.39, 0.29) is 0 Å². The highest BCUT2D eigenvalue weighted by Gasteiger charge is 1.98. The molecule has 10 heavy (non-hydrogen) atoms. The predicted octanol–water partition coefficient (Wildman–Crippen LogP) is 1.17. The minimum atomic E-state index is 0.554. The lowest BCUT2D eigenvalue weighted by Crippen LogP contribution is -2.23. The fourth-order valence-corrected chi connectivity index (χ4v) is 0.926. The third-order valence-electron chi connectivity index (χ3n) is 1.68. The molecule has 1 aromatic rings. The van der Waals surface area contributed by atoms with Gasteiger partial charge in [0.1, 0.15) is 0 Å². The zero-order chi connectivity index (χ0) is 7.40. The van der Waals surface area contributed by atoms with Crippen LogP contribution in [0.4, 0.5) is 0 Å². The largest absolute Gasteiger partial charge is 0.365 e. The van der Waals surface area contributed by atoms with Crippen LogP contribution >= 0.6 is 0 Å². The highest BCUT2D eigenvalue weighted by molar-refractivity contribution is 5.04. The third-order valence-corrected chi connectivity index (χ3v) is 1.68. The summed E-state index contributed by atoms with van der Waals surface area (Å²) in [4.78, 5) is 3.16. The molecule has 0 saturated carbocycles. The van der Waals surface area contributed by atoms with Gasteiger partial charge >= 0.3 is 0 Å². The van der Waals surface area contributed by atoms with E-state index in [1.807, 2.05) is 19.3 Å². The Labute approximate surface area is 61.7 Å². The fraction of sp³-hybridized carbons (Fsp3) is 0.500. The molecule has 0 fully saturated rings. The number of hydrogen-bond acceptors (Lipinski definition) is 1. The van der Waals surface area contributed by atoms with Gasteiger partial charge in [-0.05, 0) is 26.1 Å². The molecule has 0 aromatic carbocycles. The Balaban J connectivity index is 2.40. The van der Waals surface area contributed by atoms with Gasteiger partial charge in [-0.2, -0.15) is 0 Å². The minimum Gasteiger partial charge on any atom is -0.365 e. The lowest BCUT2D eigenvalue weighted by Gasteiger charge is -2.06. The number of rotatable bonds is 3. The zero-order valence-electron chi connectivity index (χ0n) is 6.52. The summed E-state index contributed by atoms with van der Waals surface area (Å²) in [5.74, 6) is 0. The summed E-state index contributed by atoms with van der Waals surface area (Å²) in [7, 11) is 1.98. The summed E-state index contributed by atoms with van der Waals surface area (Å²) in [5.41, 5.74) is 1.29. The standard InChI is InChI=1S/C8H14N2/c1-7(9-2)6-8-4-3-5-10-8/h3-5,7,9-10H,6H2,1-2H3. The number of hydrogen-bond donors (Lipinski definition) is 2. The Bertz CT molecular complexity index is 167. The van der Waals surface area contributed by atoms with Crippen molar-refractivity contribution in [2.75, 3.05) is 7.05 Å². The summed E-state index contributed by atoms with van der Waals surface area (Å²) in [6.45, 7) is 2.17. The van der Waals surface area contributed by atoms with Gasteiger partial charge in [-0.3, -0.25) is 0 Å². The molecule has 0 aliphatic heterocycles. The number of H-pyrrole nitrogens is 1. The van der Waals surface area contributed by atoms with E-state index < -0.39 is 0 Å². The molecule has 2 heteroatoms. The number of aromatic nitrogens is 1. The SMILES string of the molecule is CNC(C)Cc1ccc[nH]1. The summed E-state index contributed by atoms with van der Waals surface area (Å²) in [6.07, 6.45) is 3.03. The molecule has 0 aliphatic rings. The van der Waals surface area contributed by atoms with Crippen LogP contribution in [-0.4, -0.2) is 18.1 Å². The fourth-order valence-electron chi connectivity index (χ4n) is 0.926. The molecule has 0 spiro atoms. The molecule has 2 N–H and O–H groups in total. The molecule has 1 atom stereocenters. The van der Waals surface area contributed by atoms with Crippen molar-refractivity contribution < 1.29 is 0 Å². The molecule has 0 saturated heterocycles. The van der Waals surface area contributed by atoms with Crippen LogP contribution < -0.4 is 5.32 Å². The van der Waals surface area contributed by atoms with E-state index in [4.69, 9.17) is 0 Å². The molecule has 1 heterocycles. The van der Waals surface area contributed by atoms with Crippen molar-refractivity contribution in [3.05, 3.63) is 24.0 Å². The van der Waals surface area contributed by atoms with E-state index in [1.54, 1.807) is 0 Å². The van der Waals surface area contributed by atoms with E-state index >= 15 is 0 Å². The summed E-state index contributed by atoms with van der Waals surface area (Å²) in [5, 5.41) is 3.18. The maximum atomic E-state index is 3.18. The van der Waals surface area contributed by atoms with Gasteiger partial charge in [-0.25, -0.2) is 0 Å². The van der Waals surface area contributed by atoms with Crippen molar-refractivity contribution in [2.45, 2.75) is 19.4 Å². The van der Waals surface area contributed by atoms with Crippen molar-refractivity contribution in [1.29, 1.82) is 0 Å². The lowest BCUT2D eigenvalue weighted by molar-refractivity contribution is 0.602. The van der Waals surface area contributed by atoms with Crippen molar-refractivity contribution in [3.8, 4) is 0 Å². The summed E-state index contributed by atoms with van der Waals surface area (Å²) in [6, 6.07) is 4.68. The van der Waals surface area contributed by atoms with Crippen LogP contribution in [0, 0.1) is 0 Å². The van der Waals surface area contributed by atoms with Gasteiger partial charge < -0.3 is 10.3 Å². The number of aromatic amines is 1. The van der Waals surface area contributed by atoms with Crippen molar-refractivity contribution in [1.82, 2.24) is 10.3 Å². The highest BCUT2D eigenvalue weighted by atomic mass is 14.9. The molecule has 0 radical (unpaired) electrons. The Kier molecular flexibility index (Phi) is 2.51. The summed E-state index contributed by atoms with van der Waals surface area (Å²) >= 11 is 0. The van der Waals surface area contributed by atoms with Crippen LogP contribution in [0.2, 0.25) is 0 Å². The average Bonchev–Trinajstić information content (AvgIpc) is 2.40. The average molecular weight is 138 g/mol. The van der Waals surface area contributed by atoms with Gasteiger partial charge in [-0.1, -0.05) is 0 Å². The first-order chi connectivity index (χ1) is 4.83. The first-order valence-electron chi connectivity index (χ1n) is 3.62. The predicted molar refractivity (Wildman–Crippen MR) is 43.0 cm³/mol. The monoisotopic (exact) mass is 138 g/mol. The normalized spacial score (nSPS) is 13.4. The number of likely N-dealkylation sites (N-methyl/N-ethyl adjacent to an activating group) is 1. The van der Waals surface area contributed by atoms with Gasteiger partial charge in [0.25, 0.3) is 0 Å². The van der Waals surface area contributed by atoms with Gasteiger partial charge in [0.15, 0.2) is 0 Å². The first-order valence-corrected chi connectivity index (χ1v) is 3.62. The number of nitrogens with one attached hydrogen (secondary N) is 2. The minimum absolute atomic E-state index is 0.554. The first kappa shape index (κ1) is 7.35. The smallest absolute Gasteiger partial charge is 0.0162 e. The molecule has 0 aliphatic carbocycles. The van der Waals surface area contributed by atoms with Gasteiger partial charge in [0.05, 0.1) is 0 Å². The Morgan fingerprint density at radius 1 is 1.70 bits per heavy atom. The van der Waals surface area contributed by atoms with E-state index in [0.717, 1.165) is 6.42 Å². The van der Waals surface area contributed by atoms with E-state index in [0.29, 0.717) is 6.04 Å². The second-order valence-corrected chi connectivity index (χ2v) is 2.59. The van der Waals surface area contributed by atoms with Crippen LogP contribution in [0.3, 0.4) is 0 Å². The molecule has 1 aromatic heterocycles. The maximum Gasteiger partial charge on any atom is 0.0162 e. The molecule has 0 amide bonds. The Morgan fingerprint density at radius 2 is 2.50 bits per heavy atom. The molecular formula is C8H14N2. The molecule has 1 unspecified atom stereocenters. The van der Waals surface area contributed by atoms with E-state index in [1.165, 1.54) is 5.69 Å². The molecule has 0 bridgehead atoms. The lowest BCUT2D eigenvalue weighted by atomic mass is 10.2. The van der Waals surface area contributed by atoms with Gasteiger partial charge in [-0.15, -0.1) is 0 Å². The zero-order valence-corrected chi connectivity index (χ0v) is 6.52. The van der Waals surface area contributed by atoms with E-state index in [2.05, 4.69) is 23.3 Å². The van der Waals surface area contributed by atoms with E-state index in [9.17, 15) is 0 Å². The van der Waals surface area contributed by atoms with Crippen molar-refractivity contribution >= 4 is 0 Å². The topological polar surface area (TPSA) is 27.8 Å². The maximum absolute atomic E-state index is 3.18. The second kappa shape index (κ2) is 3.42.